The number of pyridine rings is 1. The van der Waals surface area contributed by atoms with Gasteiger partial charge < -0.3 is 10.0 Å². The van der Waals surface area contributed by atoms with Crippen LogP contribution in [0.15, 0.2) is 54.9 Å². The molecular weight excluding hydrogens is 471 g/mol. The first-order chi connectivity index (χ1) is 17.9. The molecule has 0 unspecified atom stereocenters. The maximum absolute atomic E-state index is 14.6. The Morgan fingerprint density at radius 2 is 1.97 bits per heavy atom. The maximum atomic E-state index is 14.6. The summed E-state index contributed by atoms with van der Waals surface area (Å²) < 4.78 is 18.2. The minimum atomic E-state index is -0.686. The molecule has 1 saturated heterocycles. The van der Waals surface area contributed by atoms with Gasteiger partial charge in [0.25, 0.3) is 0 Å². The second kappa shape index (κ2) is 7.86. The number of aryl methyl sites for hydroxylation is 2. The summed E-state index contributed by atoms with van der Waals surface area (Å²) in [5, 5.41) is 20.6. The van der Waals surface area contributed by atoms with E-state index in [2.05, 4.69) is 10.00 Å². The normalized spacial score (nSPS) is 20.9. The van der Waals surface area contributed by atoms with Crippen molar-refractivity contribution in [3.8, 4) is 16.9 Å². The summed E-state index contributed by atoms with van der Waals surface area (Å²) in [5.41, 5.74) is 4.78. The van der Waals surface area contributed by atoms with Crippen LogP contribution in [0.3, 0.4) is 0 Å². The van der Waals surface area contributed by atoms with Crippen LogP contribution in [0.5, 0.6) is 0 Å². The van der Waals surface area contributed by atoms with Crippen LogP contribution in [0.4, 0.5) is 10.2 Å². The third kappa shape index (κ3) is 3.33. The molecule has 2 aromatic carbocycles. The van der Waals surface area contributed by atoms with Gasteiger partial charge in [0.2, 0.25) is 0 Å². The molecule has 0 radical (unpaired) electrons. The highest BCUT2D eigenvalue weighted by atomic mass is 19.1. The molecular formula is C28H25FN6O2. The van der Waals surface area contributed by atoms with E-state index in [0.29, 0.717) is 23.2 Å². The molecule has 1 aliphatic carbocycles. The van der Waals surface area contributed by atoms with Gasteiger partial charge in [0.1, 0.15) is 17.3 Å². The van der Waals surface area contributed by atoms with E-state index < -0.39 is 5.97 Å². The molecule has 3 atom stereocenters. The Kier molecular flexibility index (Phi) is 4.67. The number of nitrogens with zero attached hydrogens (tertiary/aromatic N) is 6. The van der Waals surface area contributed by atoms with Crippen molar-refractivity contribution in [3.63, 3.8) is 0 Å². The molecule has 1 aliphatic heterocycles. The predicted molar refractivity (Wildman–Crippen MR) is 138 cm³/mol. The molecule has 2 fully saturated rings. The molecule has 0 spiro atoms. The number of halogens is 1. The molecule has 7 rings (SSSR count). The van der Waals surface area contributed by atoms with Crippen LogP contribution in [0.2, 0.25) is 0 Å². The molecule has 2 bridgehead atoms. The van der Waals surface area contributed by atoms with Gasteiger partial charge in [-0.05, 0) is 49.4 Å². The van der Waals surface area contributed by atoms with E-state index in [-0.39, 0.29) is 23.7 Å². The zero-order chi connectivity index (χ0) is 25.4. The van der Waals surface area contributed by atoms with Crippen molar-refractivity contribution in [2.24, 2.45) is 18.9 Å². The third-order valence-corrected chi connectivity index (χ3v) is 7.99. The lowest BCUT2D eigenvalue weighted by atomic mass is 9.95. The molecule has 3 aromatic heterocycles. The molecule has 37 heavy (non-hydrogen) atoms. The minimum Gasteiger partial charge on any atom is -0.481 e. The molecule has 9 heteroatoms. The lowest BCUT2D eigenvalue weighted by molar-refractivity contribution is -0.143. The monoisotopic (exact) mass is 496 g/mol. The van der Waals surface area contributed by atoms with Gasteiger partial charge in [0.05, 0.1) is 28.8 Å². The zero-order valence-electron chi connectivity index (χ0n) is 20.5. The molecule has 5 aromatic rings. The van der Waals surface area contributed by atoms with Crippen LogP contribution in [-0.2, 0) is 11.8 Å². The quantitative estimate of drug-likeness (QED) is 0.387. The van der Waals surface area contributed by atoms with Crippen molar-refractivity contribution in [3.05, 3.63) is 66.2 Å². The van der Waals surface area contributed by atoms with Crippen LogP contribution < -0.4 is 4.90 Å². The second-order valence-corrected chi connectivity index (χ2v) is 10.3. The Morgan fingerprint density at radius 3 is 2.70 bits per heavy atom. The number of piperidine rings is 1. The Bertz CT molecular complexity index is 1710. The number of hydrogen-bond acceptors (Lipinski definition) is 5. The van der Waals surface area contributed by atoms with E-state index in [1.807, 2.05) is 61.4 Å². The molecule has 186 valence electrons. The van der Waals surface area contributed by atoms with Crippen molar-refractivity contribution < 1.29 is 14.3 Å². The van der Waals surface area contributed by atoms with Crippen LogP contribution in [0, 0.1) is 24.6 Å². The first kappa shape index (κ1) is 22.0. The van der Waals surface area contributed by atoms with E-state index in [4.69, 9.17) is 10.1 Å². The Labute approximate surface area is 211 Å². The SMILES string of the molecule is Cc1cccc2c(-c3cc(F)cc4nn(C)cc34)nn(-c3ccc(N4C[C@@H]5C[C@H]4C[C@H]5C(=O)O)nc3)c12. The lowest BCUT2D eigenvalue weighted by Gasteiger charge is -2.30. The topological polar surface area (TPSA) is 89.1 Å². The van der Waals surface area contributed by atoms with Gasteiger partial charge >= 0.3 is 5.97 Å². The number of hydrogen-bond donors (Lipinski definition) is 1. The Morgan fingerprint density at radius 1 is 1.11 bits per heavy atom. The largest absolute Gasteiger partial charge is 0.481 e. The van der Waals surface area contributed by atoms with Crippen molar-refractivity contribution in [1.82, 2.24) is 24.5 Å². The van der Waals surface area contributed by atoms with Gasteiger partial charge in [-0.3, -0.25) is 9.48 Å². The molecule has 1 N–H and O–H groups in total. The average Bonchev–Trinajstić information content (AvgIpc) is 3.65. The van der Waals surface area contributed by atoms with Gasteiger partial charge in [-0.15, -0.1) is 0 Å². The highest BCUT2D eigenvalue weighted by molar-refractivity contribution is 6.03. The fraction of sp³-hybridized carbons (Fsp3) is 0.286. The summed E-state index contributed by atoms with van der Waals surface area (Å²) in [4.78, 5) is 18.5. The predicted octanol–water partition coefficient (Wildman–Crippen LogP) is 4.72. The van der Waals surface area contributed by atoms with Crippen LogP contribution in [0.25, 0.3) is 38.8 Å². The summed E-state index contributed by atoms with van der Waals surface area (Å²) >= 11 is 0. The molecule has 8 nitrogen and oxygen atoms in total. The number of carboxylic acids is 1. The minimum absolute atomic E-state index is 0.180. The van der Waals surface area contributed by atoms with Crippen molar-refractivity contribution in [2.45, 2.75) is 25.8 Å². The number of aliphatic carboxylic acids is 1. The number of anilines is 1. The number of rotatable bonds is 4. The summed E-state index contributed by atoms with van der Waals surface area (Å²) in [7, 11) is 1.82. The number of carboxylic acid groups (broad SMARTS) is 1. The first-order valence-electron chi connectivity index (χ1n) is 12.4. The standard InChI is InChI=1S/C28H25FN6O2/c1-15-4-3-5-20-26(22-9-17(29)10-24-23(22)14-33(2)31-24)32-35(27(15)20)18-6-7-25(30-12-18)34-13-16-8-19(34)11-21(16)28(36)37/h3-7,9-10,12,14,16,19,21H,8,11,13H2,1-2H3,(H,36,37)/t16-,19-,21+/m0/s1. The fourth-order valence-electron chi connectivity index (χ4n) is 6.33. The third-order valence-electron chi connectivity index (χ3n) is 7.99. The molecule has 4 heterocycles. The van der Waals surface area contributed by atoms with Crippen molar-refractivity contribution >= 4 is 33.6 Å². The van der Waals surface area contributed by atoms with Crippen LogP contribution >= 0.6 is 0 Å². The van der Waals surface area contributed by atoms with Crippen molar-refractivity contribution in [2.75, 3.05) is 11.4 Å². The number of para-hydroxylation sites is 1. The zero-order valence-corrected chi connectivity index (χ0v) is 20.5. The summed E-state index contributed by atoms with van der Waals surface area (Å²) in [5.74, 6) is -0.247. The summed E-state index contributed by atoms with van der Waals surface area (Å²) in [6.45, 7) is 2.76. The number of fused-ring (bicyclic) bond motifs is 4. The fourth-order valence-corrected chi connectivity index (χ4v) is 6.33. The van der Waals surface area contributed by atoms with Crippen molar-refractivity contribution in [1.29, 1.82) is 0 Å². The lowest BCUT2D eigenvalue weighted by Crippen LogP contribution is -2.38. The van der Waals surface area contributed by atoms with E-state index in [1.165, 1.54) is 12.1 Å². The average molecular weight is 497 g/mol. The van der Waals surface area contributed by atoms with E-state index in [1.54, 1.807) is 4.68 Å². The molecule has 0 amide bonds. The van der Waals surface area contributed by atoms with Gasteiger partial charge in [-0.1, -0.05) is 18.2 Å². The second-order valence-electron chi connectivity index (χ2n) is 10.3. The molecule has 2 aliphatic rings. The van der Waals surface area contributed by atoms with Crippen LogP contribution in [-0.4, -0.2) is 48.2 Å². The van der Waals surface area contributed by atoms with Crippen LogP contribution in [0.1, 0.15) is 18.4 Å². The number of carbonyl (C=O) groups is 1. The van der Waals surface area contributed by atoms with Gasteiger partial charge in [0.15, 0.2) is 0 Å². The maximum Gasteiger partial charge on any atom is 0.306 e. The van der Waals surface area contributed by atoms with E-state index >= 15 is 0 Å². The molecule has 1 saturated carbocycles. The van der Waals surface area contributed by atoms with E-state index in [0.717, 1.165) is 46.3 Å². The van der Waals surface area contributed by atoms with E-state index in [9.17, 15) is 14.3 Å². The highest BCUT2D eigenvalue weighted by Gasteiger charge is 2.48. The van der Waals surface area contributed by atoms with Gasteiger partial charge in [0, 0.05) is 48.2 Å². The highest BCUT2D eigenvalue weighted by Crippen LogP contribution is 2.44. The Balaban J connectivity index is 1.31. The first-order valence-corrected chi connectivity index (χ1v) is 12.4. The summed E-state index contributed by atoms with van der Waals surface area (Å²) in [6, 6.07) is 13.2. The Hall–Kier alpha value is -4.27. The number of aromatic nitrogens is 5. The van der Waals surface area contributed by atoms with Gasteiger partial charge in [-0.25, -0.2) is 14.1 Å². The number of benzene rings is 2. The smallest absolute Gasteiger partial charge is 0.306 e. The summed E-state index contributed by atoms with van der Waals surface area (Å²) in [6.07, 6.45) is 5.28. The van der Waals surface area contributed by atoms with Gasteiger partial charge in [-0.2, -0.15) is 10.2 Å².